The van der Waals surface area contributed by atoms with Crippen molar-refractivity contribution in [2.45, 2.75) is 27.7 Å². The van der Waals surface area contributed by atoms with Crippen molar-refractivity contribution < 1.29 is 0 Å². The monoisotopic (exact) mass is 280 g/mol. The van der Waals surface area contributed by atoms with Gasteiger partial charge in [0.15, 0.2) is 0 Å². The third kappa shape index (κ3) is 3.52. The largest absolute Gasteiger partial charge is 0.377 e. The highest BCUT2D eigenvalue weighted by molar-refractivity contribution is 6.08. The van der Waals surface area contributed by atoms with E-state index in [4.69, 9.17) is 4.99 Å². The maximum atomic E-state index is 4.74. The normalized spacial score (nSPS) is 16.2. The zero-order chi connectivity index (χ0) is 15.6. The number of nitrogens with zero attached hydrogens (tertiary/aromatic N) is 2. The SMILES string of the molecule is CC1=C/C(=N/c2ccc(N(C)C)c(C)c2)C=CC1=C(C)C. The Bertz CT molecular complexity index is 667. The summed E-state index contributed by atoms with van der Waals surface area (Å²) in [5.41, 5.74) is 8.41. The molecule has 0 saturated heterocycles. The van der Waals surface area contributed by atoms with Crippen molar-refractivity contribution in [3.8, 4) is 0 Å². The number of anilines is 1. The van der Waals surface area contributed by atoms with Crippen molar-refractivity contribution in [1.29, 1.82) is 0 Å². The van der Waals surface area contributed by atoms with Gasteiger partial charge in [-0.3, -0.25) is 0 Å². The smallest absolute Gasteiger partial charge is 0.0641 e. The second-order valence-electron chi connectivity index (χ2n) is 5.98. The van der Waals surface area contributed by atoms with Crippen LogP contribution in [0.15, 0.2) is 58.1 Å². The van der Waals surface area contributed by atoms with Crippen LogP contribution in [0.3, 0.4) is 0 Å². The molecule has 0 radical (unpaired) electrons. The van der Waals surface area contributed by atoms with Gasteiger partial charge in [0, 0.05) is 19.8 Å². The molecule has 0 saturated carbocycles. The molecule has 1 aliphatic rings. The van der Waals surface area contributed by atoms with Gasteiger partial charge >= 0.3 is 0 Å². The van der Waals surface area contributed by atoms with E-state index in [2.05, 4.69) is 83.1 Å². The molecule has 0 atom stereocenters. The molecule has 2 nitrogen and oxygen atoms in total. The summed E-state index contributed by atoms with van der Waals surface area (Å²) < 4.78 is 0. The van der Waals surface area contributed by atoms with Crippen LogP contribution >= 0.6 is 0 Å². The number of allylic oxidation sites excluding steroid dienone is 6. The molecule has 0 bridgehead atoms. The zero-order valence-corrected chi connectivity index (χ0v) is 13.9. The van der Waals surface area contributed by atoms with E-state index in [-0.39, 0.29) is 0 Å². The van der Waals surface area contributed by atoms with Gasteiger partial charge in [0.25, 0.3) is 0 Å². The van der Waals surface area contributed by atoms with Crippen molar-refractivity contribution in [3.05, 3.63) is 58.7 Å². The van der Waals surface area contributed by atoms with Gasteiger partial charge in [0.05, 0.1) is 11.4 Å². The first-order valence-corrected chi connectivity index (χ1v) is 7.29. The molecule has 110 valence electrons. The Morgan fingerprint density at radius 2 is 1.76 bits per heavy atom. The molecule has 1 aromatic carbocycles. The standard InChI is InChI=1S/C19H24N2/c1-13(2)18-9-7-16(11-14(18)3)20-17-8-10-19(21(5)6)15(4)12-17/h7-12H,1-6H3/b20-16+. The first kappa shape index (κ1) is 15.3. The van der Waals surface area contributed by atoms with Crippen molar-refractivity contribution in [1.82, 2.24) is 0 Å². The number of hydrogen-bond acceptors (Lipinski definition) is 2. The van der Waals surface area contributed by atoms with Crippen LogP contribution in [-0.4, -0.2) is 19.8 Å². The highest BCUT2D eigenvalue weighted by Crippen LogP contribution is 2.25. The third-order valence-electron chi connectivity index (χ3n) is 3.67. The van der Waals surface area contributed by atoms with Gasteiger partial charge < -0.3 is 4.90 Å². The van der Waals surface area contributed by atoms with Crippen LogP contribution < -0.4 is 4.90 Å². The van der Waals surface area contributed by atoms with Crippen molar-refractivity contribution in [2.75, 3.05) is 19.0 Å². The molecule has 0 aromatic heterocycles. The summed E-state index contributed by atoms with van der Waals surface area (Å²) in [5.74, 6) is 0. The van der Waals surface area contributed by atoms with Gasteiger partial charge in [-0.25, -0.2) is 4.99 Å². The summed E-state index contributed by atoms with van der Waals surface area (Å²) in [7, 11) is 4.12. The minimum atomic E-state index is 1.00. The lowest BCUT2D eigenvalue weighted by molar-refractivity contribution is 1.11. The van der Waals surface area contributed by atoms with Crippen molar-refractivity contribution >= 4 is 17.1 Å². The van der Waals surface area contributed by atoms with Crippen LogP contribution in [0.2, 0.25) is 0 Å². The fourth-order valence-corrected chi connectivity index (χ4v) is 2.64. The van der Waals surface area contributed by atoms with Crippen LogP contribution in [0, 0.1) is 6.92 Å². The summed E-state index contributed by atoms with van der Waals surface area (Å²) in [6.07, 6.45) is 6.40. The maximum Gasteiger partial charge on any atom is 0.0641 e. The van der Waals surface area contributed by atoms with Gasteiger partial charge in [-0.2, -0.15) is 0 Å². The molecule has 1 aliphatic carbocycles. The highest BCUT2D eigenvalue weighted by atomic mass is 15.1. The summed E-state index contributed by atoms with van der Waals surface area (Å²) in [6.45, 7) is 8.55. The second kappa shape index (κ2) is 6.13. The van der Waals surface area contributed by atoms with E-state index in [1.807, 2.05) is 0 Å². The lowest BCUT2D eigenvalue weighted by Gasteiger charge is -2.16. The Balaban J connectivity index is 2.32. The van der Waals surface area contributed by atoms with Gasteiger partial charge in [-0.1, -0.05) is 11.6 Å². The average molecular weight is 280 g/mol. The molecule has 0 amide bonds. The van der Waals surface area contributed by atoms with Crippen molar-refractivity contribution in [2.24, 2.45) is 4.99 Å². The van der Waals surface area contributed by atoms with Gasteiger partial charge in [0.1, 0.15) is 0 Å². The number of hydrogen-bond donors (Lipinski definition) is 0. The van der Waals surface area contributed by atoms with E-state index in [0.29, 0.717) is 0 Å². The molecule has 0 aliphatic heterocycles. The van der Waals surface area contributed by atoms with Crippen LogP contribution in [0.4, 0.5) is 11.4 Å². The highest BCUT2D eigenvalue weighted by Gasteiger charge is 2.07. The van der Waals surface area contributed by atoms with Crippen LogP contribution in [0.5, 0.6) is 0 Å². The predicted molar refractivity (Wildman–Crippen MR) is 93.9 cm³/mol. The molecule has 0 fully saturated rings. The fourth-order valence-electron chi connectivity index (χ4n) is 2.64. The van der Waals surface area contributed by atoms with Gasteiger partial charge in [0.2, 0.25) is 0 Å². The second-order valence-corrected chi connectivity index (χ2v) is 5.98. The Hall–Kier alpha value is -2.09. The molecule has 0 heterocycles. The van der Waals surface area contributed by atoms with Crippen LogP contribution in [0.25, 0.3) is 0 Å². The van der Waals surface area contributed by atoms with E-state index in [9.17, 15) is 0 Å². The number of aliphatic imine (C=N–C) groups is 1. The van der Waals surface area contributed by atoms with Gasteiger partial charge in [-0.15, -0.1) is 0 Å². The van der Waals surface area contributed by atoms with Gasteiger partial charge in [-0.05, 0) is 74.8 Å². The van der Waals surface area contributed by atoms with Crippen molar-refractivity contribution in [3.63, 3.8) is 0 Å². The Labute approximate surface area is 128 Å². The lowest BCUT2D eigenvalue weighted by atomic mass is 9.96. The molecule has 0 unspecified atom stereocenters. The summed E-state index contributed by atoms with van der Waals surface area (Å²) in [5, 5.41) is 0. The van der Waals surface area contributed by atoms with Crippen LogP contribution in [0.1, 0.15) is 26.3 Å². The predicted octanol–water partition coefficient (Wildman–Crippen LogP) is 4.99. The lowest BCUT2D eigenvalue weighted by Crippen LogP contribution is -2.09. The van der Waals surface area contributed by atoms with Crippen LogP contribution in [-0.2, 0) is 0 Å². The molecule has 2 heteroatoms. The zero-order valence-electron chi connectivity index (χ0n) is 13.9. The topological polar surface area (TPSA) is 15.6 Å². The molecular formula is C19H24N2. The molecule has 0 spiro atoms. The number of aryl methyl sites for hydroxylation is 1. The maximum absolute atomic E-state index is 4.74. The Morgan fingerprint density at radius 3 is 2.29 bits per heavy atom. The summed E-state index contributed by atoms with van der Waals surface area (Å²) in [4.78, 5) is 6.86. The van der Waals surface area contributed by atoms with E-state index in [0.717, 1.165) is 11.4 Å². The van der Waals surface area contributed by atoms with E-state index < -0.39 is 0 Å². The summed E-state index contributed by atoms with van der Waals surface area (Å²) >= 11 is 0. The molecule has 0 N–H and O–H groups in total. The molecule has 21 heavy (non-hydrogen) atoms. The minimum absolute atomic E-state index is 1.00. The fraction of sp³-hybridized carbons (Fsp3) is 0.316. The number of benzene rings is 1. The van der Waals surface area contributed by atoms with E-state index in [1.54, 1.807) is 0 Å². The van der Waals surface area contributed by atoms with E-state index in [1.165, 1.54) is 28.0 Å². The summed E-state index contributed by atoms with van der Waals surface area (Å²) in [6, 6.07) is 6.33. The molecular weight excluding hydrogens is 256 g/mol. The molecule has 2 rings (SSSR count). The first-order chi connectivity index (χ1) is 9.88. The average Bonchev–Trinajstić information content (AvgIpc) is 2.37. The minimum Gasteiger partial charge on any atom is -0.377 e. The quantitative estimate of drug-likeness (QED) is 0.745. The Kier molecular flexibility index (Phi) is 4.46. The Morgan fingerprint density at radius 1 is 1.05 bits per heavy atom. The first-order valence-electron chi connectivity index (χ1n) is 7.29. The third-order valence-corrected chi connectivity index (χ3v) is 3.67. The molecule has 1 aromatic rings. The number of rotatable bonds is 2. The van der Waals surface area contributed by atoms with E-state index >= 15 is 0 Å².